The number of nitrogens with one attached hydrogen (secondary N) is 1. The van der Waals surface area contributed by atoms with Gasteiger partial charge in [-0.3, -0.25) is 4.79 Å². The first-order chi connectivity index (χ1) is 16.3. The van der Waals surface area contributed by atoms with Gasteiger partial charge in [0.15, 0.2) is 6.61 Å². The highest BCUT2D eigenvalue weighted by Gasteiger charge is 2.31. The Morgan fingerprint density at radius 3 is 2.53 bits per heavy atom. The molecule has 0 bridgehead atoms. The standard InChI is InChI=1S/C21H25F3N6O4/c1-32-12-18(31)28-14-9-30(10-14)20-26-6-15(7-27-20)29-5-4-17(11-29)34-16-2-3-19(25-8-16)33-13-21(22,23)24/h2-3,6-8,14,17H,4-5,9-13H2,1H3,(H,28,31)/t17-/m1/s1. The summed E-state index contributed by atoms with van der Waals surface area (Å²) in [6, 6.07) is 2.95. The molecule has 10 nitrogen and oxygen atoms in total. The van der Waals surface area contributed by atoms with Gasteiger partial charge in [-0.2, -0.15) is 13.2 Å². The van der Waals surface area contributed by atoms with Gasteiger partial charge in [0.1, 0.15) is 18.5 Å². The molecule has 0 unspecified atom stereocenters. The van der Waals surface area contributed by atoms with Crippen molar-refractivity contribution in [3.63, 3.8) is 0 Å². The van der Waals surface area contributed by atoms with Crippen LogP contribution in [-0.4, -0.2) is 85.7 Å². The molecule has 1 amide bonds. The van der Waals surface area contributed by atoms with Gasteiger partial charge in [0.2, 0.25) is 17.7 Å². The molecule has 13 heteroatoms. The van der Waals surface area contributed by atoms with E-state index in [1.807, 2.05) is 4.90 Å². The third kappa shape index (κ3) is 6.37. The van der Waals surface area contributed by atoms with Crippen molar-refractivity contribution in [3.05, 3.63) is 30.7 Å². The van der Waals surface area contributed by atoms with Gasteiger partial charge in [-0.05, 0) is 6.07 Å². The summed E-state index contributed by atoms with van der Waals surface area (Å²) in [5.41, 5.74) is 0.870. The van der Waals surface area contributed by atoms with E-state index in [1.165, 1.54) is 25.4 Å². The molecule has 2 fully saturated rings. The van der Waals surface area contributed by atoms with E-state index in [1.54, 1.807) is 12.4 Å². The molecular formula is C21H25F3N6O4. The molecule has 0 saturated carbocycles. The fourth-order valence-corrected chi connectivity index (χ4v) is 3.70. The van der Waals surface area contributed by atoms with Gasteiger partial charge in [0.05, 0.1) is 36.9 Å². The summed E-state index contributed by atoms with van der Waals surface area (Å²) in [7, 11) is 1.48. The Morgan fingerprint density at radius 1 is 1.12 bits per heavy atom. The third-order valence-electron chi connectivity index (χ3n) is 5.34. The maximum absolute atomic E-state index is 12.2. The molecule has 2 aromatic heterocycles. The Morgan fingerprint density at radius 2 is 1.88 bits per heavy atom. The molecule has 34 heavy (non-hydrogen) atoms. The van der Waals surface area contributed by atoms with Crippen molar-refractivity contribution >= 4 is 17.5 Å². The van der Waals surface area contributed by atoms with Crippen molar-refractivity contribution in [2.24, 2.45) is 0 Å². The van der Waals surface area contributed by atoms with Crippen LogP contribution in [0.4, 0.5) is 24.8 Å². The second kappa shape index (κ2) is 10.3. The van der Waals surface area contributed by atoms with Crippen LogP contribution in [0.3, 0.4) is 0 Å². The Hall–Kier alpha value is -3.35. The summed E-state index contributed by atoms with van der Waals surface area (Å²) in [6.45, 7) is 1.31. The third-order valence-corrected chi connectivity index (χ3v) is 5.34. The molecule has 4 heterocycles. The van der Waals surface area contributed by atoms with Gasteiger partial charge in [-0.1, -0.05) is 0 Å². The van der Waals surface area contributed by atoms with Crippen LogP contribution in [0.15, 0.2) is 30.7 Å². The van der Waals surface area contributed by atoms with E-state index in [0.29, 0.717) is 31.3 Å². The zero-order chi connectivity index (χ0) is 24.1. The van der Waals surface area contributed by atoms with E-state index in [4.69, 9.17) is 9.47 Å². The quantitative estimate of drug-likeness (QED) is 0.569. The number of aromatic nitrogens is 3. The minimum atomic E-state index is -4.41. The molecule has 2 aromatic rings. The van der Waals surface area contributed by atoms with E-state index in [-0.39, 0.29) is 30.5 Å². The number of pyridine rings is 1. The smallest absolute Gasteiger partial charge is 0.422 e. The first kappa shape index (κ1) is 23.8. The maximum atomic E-state index is 12.2. The zero-order valence-corrected chi connectivity index (χ0v) is 18.5. The molecule has 1 N–H and O–H groups in total. The minimum absolute atomic E-state index is 0.0421. The lowest BCUT2D eigenvalue weighted by molar-refractivity contribution is -0.154. The molecule has 4 rings (SSSR count). The number of anilines is 2. The molecule has 0 spiro atoms. The Kier molecular flexibility index (Phi) is 7.20. The highest BCUT2D eigenvalue weighted by molar-refractivity contribution is 5.77. The van der Waals surface area contributed by atoms with Crippen molar-refractivity contribution in [1.29, 1.82) is 0 Å². The number of carbonyl (C=O) groups is 1. The molecule has 184 valence electrons. The zero-order valence-electron chi connectivity index (χ0n) is 18.5. The van der Waals surface area contributed by atoms with Crippen LogP contribution in [0.25, 0.3) is 0 Å². The van der Waals surface area contributed by atoms with Gasteiger partial charge in [0.25, 0.3) is 0 Å². The van der Waals surface area contributed by atoms with Crippen molar-refractivity contribution in [1.82, 2.24) is 20.3 Å². The van der Waals surface area contributed by atoms with Crippen LogP contribution in [0.1, 0.15) is 6.42 Å². The fourth-order valence-electron chi connectivity index (χ4n) is 3.70. The highest BCUT2D eigenvalue weighted by Crippen LogP contribution is 2.25. The highest BCUT2D eigenvalue weighted by atomic mass is 19.4. The van der Waals surface area contributed by atoms with E-state index < -0.39 is 12.8 Å². The largest absolute Gasteiger partial charge is 0.487 e. The van der Waals surface area contributed by atoms with Crippen LogP contribution in [0.5, 0.6) is 11.6 Å². The number of alkyl halides is 3. The number of amides is 1. The summed E-state index contributed by atoms with van der Waals surface area (Å²) in [6.07, 6.45) is 1.13. The van der Waals surface area contributed by atoms with Gasteiger partial charge in [-0.25, -0.2) is 15.0 Å². The number of nitrogens with zero attached hydrogens (tertiary/aromatic N) is 5. The molecule has 2 aliphatic heterocycles. The number of hydrogen-bond acceptors (Lipinski definition) is 9. The molecule has 0 radical (unpaired) electrons. The molecule has 0 aliphatic carbocycles. The lowest BCUT2D eigenvalue weighted by Gasteiger charge is -2.39. The average Bonchev–Trinajstić information content (AvgIpc) is 3.24. The number of ether oxygens (including phenoxy) is 3. The first-order valence-electron chi connectivity index (χ1n) is 10.7. The topological polar surface area (TPSA) is 102 Å². The predicted octanol–water partition coefficient (Wildman–Crippen LogP) is 1.42. The summed E-state index contributed by atoms with van der Waals surface area (Å²) < 4.78 is 52.0. The lowest BCUT2D eigenvalue weighted by Crippen LogP contribution is -2.60. The predicted molar refractivity (Wildman–Crippen MR) is 115 cm³/mol. The molecular weight excluding hydrogens is 457 g/mol. The van der Waals surface area contributed by atoms with E-state index in [2.05, 4.69) is 29.9 Å². The van der Waals surface area contributed by atoms with Crippen LogP contribution in [0.2, 0.25) is 0 Å². The summed E-state index contributed by atoms with van der Waals surface area (Å²) in [5.74, 6) is 0.811. The van der Waals surface area contributed by atoms with Crippen molar-refractivity contribution in [3.8, 4) is 11.6 Å². The van der Waals surface area contributed by atoms with E-state index in [0.717, 1.165) is 18.7 Å². The van der Waals surface area contributed by atoms with Crippen LogP contribution < -0.4 is 24.6 Å². The SMILES string of the molecule is COCC(=O)NC1CN(c2ncc(N3CC[C@@H](Oc4ccc(OCC(F)(F)F)nc4)C3)cn2)C1. The molecule has 0 aromatic carbocycles. The van der Waals surface area contributed by atoms with Crippen LogP contribution >= 0.6 is 0 Å². The number of hydrogen-bond donors (Lipinski definition) is 1. The average molecular weight is 482 g/mol. The second-order valence-corrected chi connectivity index (χ2v) is 8.05. The number of carbonyl (C=O) groups excluding carboxylic acids is 1. The van der Waals surface area contributed by atoms with E-state index in [9.17, 15) is 18.0 Å². The van der Waals surface area contributed by atoms with Gasteiger partial charge < -0.3 is 29.3 Å². The van der Waals surface area contributed by atoms with Crippen molar-refractivity contribution < 1.29 is 32.2 Å². The monoisotopic (exact) mass is 482 g/mol. The first-order valence-corrected chi connectivity index (χ1v) is 10.7. The Bertz CT molecular complexity index is 954. The lowest BCUT2D eigenvalue weighted by atomic mass is 10.1. The number of methoxy groups -OCH3 is 1. The summed E-state index contributed by atoms with van der Waals surface area (Å²) in [4.78, 5) is 28.4. The molecule has 2 saturated heterocycles. The van der Waals surface area contributed by atoms with E-state index >= 15 is 0 Å². The number of halogens is 3. The van der Waals surface area contributed by atoms with Gasteiger partial charge >= 0.3 is 6.18 Å². The normalized spacial score (nSPS) is 18.5. The van der Waals surface area contributed by atoms with Crippen molar-refractivity contribution in [2.45, 2.75) is 24.7 Å². The molecule has 1 atom stereocenters. The molecule has 2 aliphatic rings. The van der Waals surface area contributed by atoms with Crippen LogP contribution in [-0.2, 0) is 9.53 Å². The Balaban J connectivity index is 1.22. The van der Waals surface area contributed by atoms with Gasteiger partial charge in [0, 0.05) is 39.2 Å². The number of rotatable bonds is 9. The maximum Gasteiger partial charge on any atom is 0.422 e. The van der Waals surface area contributed by atoms with Crippen LogP contribution in [0, 0.1) is 0 Å². The Labute approximate surface area is 194 Å². The summed E-state index contributed by atoms with van der Waals surface area (Å²) in [5, 5.41) is 2.87. The minimum Gasteiger partial charge on any atom is -0.487 e. The van der Waals surface area contributed by atoms with Crippen molar-refractivity contribution in [2.75, 3.05) is 56.3 Å². The summed E-state index contributed by atoms with van der Waals surface area (Å²) >= 11 is 0. The second-order valence-electron chi connectivity index (χ2n) is 8.05. The fraction of sp³-hybridized carbons (Fsp3) is 0.524. The van der Waals surface area contributed by atoms with Gasteiger partial charge in [-0.15, -0.1) is 0 Å².